The van der Waals surface area contributed by atoms with E-state index in [0.29, 0.717) is 25.7 Å². The molecule has 0 aliphatic heterocycles. The van der Waals surface area contributed by atoms with Gasteiger partial charge in [0.15, 0.2) is 12.2 Å². The van der Waals surface area contributed by atoms with Gasteiger partial charge in [-0.3, -0.25) is 37.3 Å². The van der Waals surface area contributed by atoms with Crippen LogP contribution in [-0.2, 0) is 65.4 Å². The van der Waals surface area contributed by atoms with Gasteiger partial charge in [-0.1, -0.05) is 335 Å². The maximum atomic E-state index is 13.1. The summed E-state index contributed by atoms with van der Waals surface area (Å²) in [5.41, 5.74) is 0. The van der Waals surface area contributed by atoms with E-state index >= 15 is 0 Å². The quantitative estimate of drug-likeness (QED) is 0.0169. The molecule has 100 heavy (non-hydrogen) atoms. The SMILES string of the molecule is CCCCCC/C=C\CCCCCCCCCC(=O)OC[C@H](COP(=O)(O)OC[C@@H](O)COP(=O)(O)OC[C@@H](COC(=O)CCCCCCCCCCCCCCCCC)OC(=O)CCCCCCCCC/C=C\CCCCCC)OC(=O)CCCCCCCCCCCCCCCCC. The van der Waals surface area contributed by atoms with Crippen LogP contribution in [-0.4, -0.2) is 96.7 Å². The molecular formula is C81H154O17P2. The number of carbonyl (C=O) groups excluding carboxylic acids is 4. The first-order chi connectivity index (χ1) is 48.7. The van der Waals surface area contributed by atoms with Crippen molar-refractivity contribution >= 4 is 39.5 Å². The predicted molar refractivity (Wildman–Crippen MR) is 409 cm³/mol. The fraction of sp³-hybridized carbons (Fsp3) is 0.901. The number of carbonyl (C=O) groups is 4. The number of aliphatic hydroxyl groups excluding tert-OH is 1. The van der Waals surface area contributed by atoms with Crippen LogP contribution in [0.2, 0.25) is 0 Å². The molecule has 590 valence electrons. The Balaban J connectivity index is 5.30. The van der Waals surface area contributed by atoms with Crippen molar-refractivity contribution in [2.24, 2.45) is 0 Å². The average Bonchev–Trinajstić information content (AvgIpc) is 1.01. The second-order valence-electron chi connectivity index (χ2n) is 28.4. The number of allylic oxidation sites excluding steroid dienone is 4. The molecule has 0 aromatic rings. The van der Waals surface area contributed by atoms with Crippen molar-refractivity contribution in [1.82, 2.24) is 0 Å². The largest absolute Gasteiger partial charge is 0.472 e. The molecular weight excluding hydrogens is 1310 g/mol. The monoisotopic (exact) mass is 1460 g/mol. The van der Waals surface area contributed by atoms with Crippen molar-refractivity contribution < 1.29 is 80.2 Å². The van der Waals surface area contributed by atoms with Crippen LogP contribution in [0.4, 0.5) is 0 Å². The molecule has 0 fully saturated rings. The summed E-state index contributed by atoms with van der Waals surface area (Å²) in [6.07, 6.45) is 69.9. The second-order valence-corrected chi connectivity index (χ2v) is 31.3. The molecule has 17 nitrogen and oxygen atoms in total. The van der Waals surface area contributed by atoms with E-state index in [1.54, 1.807) is 0 Å². The molecule has 0 bridgehead atoms. The van der Waals surface area contributed by atoms with Gasteiger partial charge in [0.1, 0.15) is 19.3 Å². The van der Waals surface area contributed by atoms with Crippen LogP contribution in [0.25, 0.3) is 0 Å². The summed E-state index contributed by atoms with van der Waals surface area (Å²) < 4.78 is 68.7. The lowest BCUT2D eigenvalue weighted by Crippen LogP contribution is -2.30. The van der Waals surface area contributed by atoms with E-state index in [1.165, 1.54) is 205 Å². The van der Waals surface area contributed by atoms with Crippen LogP contribution in [0.5, 0.6) is 0 Å². The van der Waals surface area contributed by atoms with Crippen molar-refractivity contribution in [3.63, 3.8) is 0 Å². The molecule has 3 N–H and O–H groups in total. The molecule has 0 saturated carbocycles. The Morgan fingerprint density at radius 3 is 0.700 bits per heavy atom. The minimum atomic E-state index is -4.96. The van der Waals surface area contributed by atoms with Crippen LogP contribution in [0.1, 0.15) is 413 Å². The highest BCUT2D eigenvalue weighted by molar-refractivity contribution is 7.47. The first kappa shape index (κ1) is 97.5. The third kappa shape index (κ3) is 73.8. The predicted octanol–water partition coefficient (Wildman–Crippen LogP) is 24.1. The Labute approximate surface area is 612 Å². The van der Waals surface area contributed by atoms with Gasteiger partial charge < -0.3 is 33.8 Å². The molecule has 5 atom stereocenters. The molecule has 0 aromatic carbocycles. The topological polar surface area (TPSA) is 237 Å². The summed E-state index contributed by atoms with van der Waals surface area (Å²) in [6, 6.07) is 0. The fourth-order valence-corrected chi connectivity index (χ4v) is 13.6. The zero-order valence-electron chi connectivity index (χ0n) is 64.7. The standard InChI is InChI=1S/C81H154O17P2/c1-5-9-13-17-21-25-29-33-37-41-45-49-53-57-61-65-78(83)91-71-76(97-80(85)67-63-59-55-51-47-43-39-35-31-27-23-19-15-11-7-3)73-95-99(87,88)93-69-75(82)70-94-100(89,90)96-74-77(98-81(86)68-64-60-56-52-48-44-40-36-32-28-24-20-16-12-8-4)72-92-79(84)66-62-58-54-50-46-42-38-34-30-26-22-18-14-10-6-2/h25,28-29,32,75-77,82H,5-24,26-27,30-31,33-74H2,1-4H3,(H,87,88)(H,89,90)/b29-25-,32-28-/t75-,76-,77-/m1/s1. The van der Waals surface area contributed by atoms with E-state index in [2.05, 4.69) is 52.0 Å². The Morgan fingerprint density at radius 2 is 0.460 bits per heavy atom. The number of hydrogen-bond donors (Lipinski definition) is 3. The van der Waals surface area contributed by atoms with Gasteiger partial charge in [0.05, 0.1) is 26.4 Å². The van der Waals surface area contributed by atoms with Crippen molar-refractivity contribution in [1.29, 1.82) is 0 Å². The number of phosphoric acid groups is 2. The third-order valence-electron chi connectivity index (χ3n) is 18.4. The summed E-state index contributed by atoms with van der Waals surface area (Å²) in [6.45, 7) is 4.97. The highest BCUT2D eigenvalue weighted by Gasteiger charge is 2.30. The lowest BCUT2D eigenvalue weighted by molar-refractivity contribution is -0.161. The van der Waals surface area contributed by atoms with Crippen molar-refractivity contribution in [2.45, 2.75) is 431 Å². The highest BCUT2D eigenvalue weighted by Crippen LogP contribution is 2.45. The number of esters is 4. The maximum Gasteiger partial charge on any atom is 0.472 e. The molecule has 0 spiro atoms. The molecule has 0 saturated heterocycles. The van der Waals surface area contributed by atoms with E-state index in [0.717, 1.165) is 128 Å². The molecule has 0 amide bonds. The summed E-state index contributed by atoms with van der Waals surface area (Å²) in [5.74, 6) is -2.13. The van der Waals surface area contributed by atoms with E-state index in [1.807, 2.05) is 0 Å². The highest BCUT2D eigenvalue weighted by atomic mass is 31.2. The summed E-state index contributed by atoms with van der Waals surface area (Å²) in [5, 5.41) is 10.6. The van der Waals surface area contributed by atoms with Crippen LogP contribution in [0, 0.1) is 0 Å². The van der Waals surface area contributed by atoms with Crippen LogP contribution < -0.4 is 0 Å². The van der Waals surface area contributed by atoms with Crippen LogP contribution in [0.15, 0.2) is 24.3 Å². The van der Waals surface area contributed by atoms with Gasteiger partial charge in [-0.25, -0.2) is 9.13 Å². The van der Waals surface area contributed by atoms with Gasteiger partial charge in [0.25, 0.3) is 0 Å². The van der Waals surface area contributed by atoms with Crippen molar-refractivity contribution in [3.8, 4) is 0 Å². The fourth-order valence-electron chi connectivity index (χ4n) is 12.0. The average molecular weight is 1460 g/mol. The first-order valence-electron chi connectivity index (χ1n) is 41.6. The summed E-state index contributed by atoms with van der Waals surface area (Å²) in [4.78, 5) is 73.1. The molecule has 0 aliphatic carbocycles. The molecule has 2 unspecified atom stereocenters. The molecule has 19 heteroatoms. The van der Waals surface area contributed by atoms with Gasteiger partial charge in [-0.2, -0.15) is 0 Å². The minimum absolute atomic E-state index is 0.0990. The lowest BCUT2D eigenvalue weighted by Gasteiger charge is -2.21. The molecule has 0 rings (SSSR count). The lowest BCUT2D eigenvalue weighted by atomic mass is 10.0. The van der Waals surface area contributed by atoms with E-state index < -0.39 is 97.5 Å². The molecule has 0 heterocycles. The number of aliphatic hydroxyl groups is 1. The minimum Gasteiger partial charge on any atom is -0.462 e. The molecule has 0 aromatic heterocycles. The number of unbranched alkanes of at least 4 members (excludes halogenated alkanes) is 50. The van der Waals surface area contributed by atoms with Gasteiger partial charge in [-0.05, 0) is 77.0 Å². The van der Waals surface area contributed by atoms with Gasteiger partial charge in [0.2, 0.25) is 0 Å². The summed E-state index contributed by atoms with van der Waals surface area (Å²) >= 11 is 0. The third-order valence-corrected chi connectivity index (χ3v) is 20.3. The van der Waals surface area contributed by atoms with Crippen molar-refractivity contribution in [3.05, 3.63) is 24.3 Å². The van der Waals surface area contributed by atoms with Crippen LogP contribution in [0.3, 0.4) is 0 Å². The van der Waals surface area contributed by atoms with Gasteiger partial charge >= 0.3 is 39.5 Å². The number of hydrogen-bond acceptors (Lipinski definition) is 15. The Morgan fingerprint density at radius 1 is 0.270 bits per heavy atom. The van der Waals surface area contributed by atoms with Gasteiger partial charge in [0, 0.05) is 25.7 Å². The smallest absolute Gasteiger partial charge is 0.462 e. The Kier molecular flexibility index (Phi) is 73.0. The first-order valence-corrected chi connectivity index (χ1v) is 44.6. The Hall–Kier alpha value is -2.46. The number of phosphoric ester groups is 2. The van der Waals surface area contributed by atoms with Crippen LogP contribution >= 0.6 is 15.6 Å². The zero-order chi connectivity index (χ0) is 73.2. The summed E-state index contributed by atoms with van der Waals surface area (Å²) in [7, 11) is -9.93. The maximum absolute atomic E-state index is 13.1. The van der Waals surface area contributed by atoms with E-state index in [9.17, 15) is 43.2 Å². The van der Waals surface area contributed by atoms with E-state index in [4.69, 9.17) is 37.0 Å². The second kappa shape index (κ2) is 74.8. The van der Waals surface area contributed by atoms with Crippen molar-refractivity contribution in [2.75, 3.05) is 39.6 Å². The van der Waals surface area contributed by atoms with Gasteiger partial charge in [-0.15, -0.1) is 0 Å². The van der Waals surface area contributed by atoms with E-state index in [-0.39, 0.29) is 25.7 Å². The Bertz CT molecular complexity index is 1990. The zero-order valence-corrected chi connectivity index (χ0v) is 66.5. The normalized spacial score (nSPS) is 13.9. The number of ether oxygens (including phenoxy) is 4. The number of rotatable bonds is 80. The molecule has 0 aliphatic rings. The molecule has 0 radical (unpaired) electrons.